The third-order valence-corrected chi connectivity index (χ3v) is 2.86. The summed E-state index contributed by atoms with van der Waals surface area (Å²) in [5, 5.41) is 9.72. The Labute approximate surface area is 98.1 Å². The van der Waals surface area contributed by atoms with Crippen LogP contribution in [-0.2, 0) is 4.79 Å². The minimum atomic E-state index is -0.808. The highest BCUT2D eigenvalue weighted by atomic mass is 16.3. The molecule has 92 valence electrons. The van der Waals surface area contributed by atoms with Crippen molar-refractivity contribution in [2.24, 2.45) is 5.92 Å². The van der Waals surface area contributed by atoms with Crippen molar-refractivity contribution in [1.82, 2.24) is 4.90 Å². The van der Waals surface area contributed by atoms with Crippen molar-refractivity contribution < 1.29 is 9.90 Å². The maximum absolute atomic E-state index is 12.0. The van der Waals surface area contributed by atoms with Gasteiger partial charge < -0.3 is 10.0 Å². The van der Waals surface area contributed by atoms with Crippen LogP contribution in [0, 0.1) is 5.92 Å². The quantitative estimate of drug-likeness (QED) is 0.727. The second-order valence-electron chi connectivity index (χ2n) is 5.19. The predicted octanol–water partition coefficient (Wildman–Crippen LogP) is 1.96. The number of hydrogen-bond acceptors (Lipinski definition) is 2. The molecule has 3 nitrogen and oxygen atoms in total. The van der Waals surface area contributed by atoms with Gasteiger partial charge in [0.25, 0.3) is 0 Å². The van der Waals surface area contributed by atoms with Gasteiger partial charge in [0.2, 0.25) is 5.91 Å². The summed E-state index contributed by atoms with van der Waals surface area (Å²) < 4.78 is 0. The van der Waals surface area contributed by atoms with E-state index < -0.39 is 5.60 Å². The molecule has 1 rings (SSSR count). The molecule has 0 aromatic carbocycles. The highest BCUT2D eigenvalue weighted by Gasteiger charge is 2.23. The zero-order valence-corrected chi connectivity index (χ0v) is 10.6. The van der Waals surface area contributed by atoms with E-state index in [1.165, 1.54) is 0 Å². The summed E-state index contributed by atoms with van der Waals surface area (Å²) >= 11 is 0. The van der Waals surface area contributed by atoms with Gasteiger partial charge in [0, 0.05) is 19.5 Å². The van der Waals surface area contributed by atoms with E-state index in [-0.39, 0.29) is 5.91 Å². The van der Waals surface area contributed by atoms with Gasteiger partial charge >= 0.3 is 0 Å². The molecule has 0 aromatic heterocycles. The largest absolute Gasteiger partial charge is 0.389 e. The molecule has 1 aliphatic carbocycles. The van der Waals surface area contributed by atoms with E-state index in [1.807, 2.05) is 6.92 Å². The first-order valence-electron chi connectivity index (χ1n) is 6.09. The monoisotopic (exact) mass is 225 g/mol. The van der Waals surface area contributed by atoms with Crippen molar-refractivity contribution in [3.63, 3.8) is 0 Å². The van der Waals surface area contributed by atoms with Crippen molar-refractivity contribution in [2.75, 3.05) is 13.1 Å². The molecule has 1 amide bonds. The Kier molecular flexibility index (Phi) is 4.54. The van der Waals surface area contributed by atoms with Gasteiger partial charge in [0.15, 0.2) is 0 Å². The lowest BCUT2D eigenvalue weighted by atomic mass is 10.0. The van der Waals surface area contributed by atoms with Gasteiger partial charge in [-0.05, 0) is 39.5 Å². The molecule has 0 aliphatic heterocycles. The Morgan fingerprint density at radius 1 is 1.56 bits per heavy atom. The van der Waals surface area contributed by atoms with Gasteiger partial charge in [-0.3, -0.25) is 4.79 Å². The van der Waals surface area contributed by atoms with Crippen LogP contribution in [-0.4, -0.2) is 34.6 Å². The average molecular weight is 225 g/mol. The molecule has 0 aromatic rings. The molecule has 0 bridgehead atoms. The van der Waals surface area contributed by atoms with E-state index in [0.717, 1.165) is 12.8 Å². The summed E-state index contributed by atoms with van der Waals surface area (Å²) in [6, 6.07) is 0. The Hall–Kier alpha value is -0.830. The predicted molar refractivity (Wildman–Crippen MR) is 65.0 cm³/mol. The van der Waals surface area contributed by atoms with Crippen LogP contribution in [0.25, 0.3) is 0 Å². The first kappa shape index (κ1) is 13.2. The number of rotatable bonds is 5. The van der Waals surface area contributed by atoms with E-state index in [9.17, 15) is 9.90 Å². The lowest BCUT2D eigenvalue weighted by Crippen LogP contribution is -2.42. The Balaban J connectivity index is 2.45. The highest BCUT2D eigenvalue weighted by molar-refractivity contribution is 5.76. The number of aliphatic hydroxyl groups is 1. The Morgan fingerprint density at radius 3 is 2.69 bits per heavy atom. The Bertz CT molecular complexity index is 266. The van der Waals surface area contributed by atoms with Crippen molar-refractivity contribution >= 4 is 5.91 Å². The molecule has 0 saturated carbocycles. The highest BCUT2D eigenvalue weighted by Crippen LogP contribution is 2.21. The third kappa shape index (κ3) is 4.35. The molecule has 1 aliphatic rings. The van der Waals surface area contributed by atoms with E-state index in [0.29, 0.717) is 25.4 Å². The maximum Gasteiger partial charge on any atom is 0.223 e. The van der Waals surface area contributed by atoms with Crippen molar-refractivity contribution in [3.8, 4) is 0 Å². The molecule has 1 N–H and O–H groups in total. The average Bonchev–Trinajstić information content (AvgIpc) is 2.65. The molecule has 3 heteroatoms. The summed E-state index contributed by atoms with van der Waals surface area (Å²) in [5.74, 6) is 0.560. The number of carbonyl (C=O) groups excluding carboxylic acids is 1. The molecule has 0 heterocycles. The van der Waals surface area contributed by atoms with Gasteiger partial charge in [-0.15, -0.1) is 0 Å². The molecular weight excluding hydrogens is 202 g/mol. The Morgan fingerprint density at radius 2 is 2.25 bits per heavy atom. The molecule has 0 fully saturated rings. The van der Waals surface area contributed by atoms with Gasteiger partial charge in [-0.1, -0.05) is 12.2 Å². The molecule has 0 spiro atoms. The minimum absolute atomic E-state index is 0.154. The van der Waals surface area contributed by atoms with Gasteiger partial charge in [-0.25, -0.2) is 0 Å². The number of hydrogen-bond donors (Lipinski definition) is 1. The molecule has 1 atom stereocenters. The van der Waals surface area contributed by atoms with Gasteiger partial charge in [-0.2, -0.15) is 0 Å². The molecule has 0 radical (unpaired) electrons. The fourth-order valence-corrected chi connectivity index (χ4v) is 2.06. The second-order valence-corrected chi connectivity index (χ2v) is 5.19. The lowest BCUT2D eigenvalue weighted by molar-refractivity contribution is -0.134. The fourth-order valence-electron chi connectivity index (χ4n) is 2.06. The van der Waals surface area contributed by atoms with Crippen LogP contribution in [0.5, 0.6) is 0 Å². The number of carbonyl (C=O) groups is 1. The van der Waals surface area contributed by atoms with Crippen molar-refractivity contribution in [2.45, 2.75) is 45.6 Å². The summed E-state index contributed by atoms with van der Waals surface area (Å²) in [6.45, 7) is 6.50. The minimum Gasteiger partial charge on any atom is -0.389 e. The van der Waals surface area contributed by atoms with E-state index in [2.05, 4.69) is 12.2 Å². The zero-order valence-electron chi connectivity index (χ0n) is 10.6. The van der Waals surface area contributed by atoms with Crippen LogP contribution in [0.1, 0.15) is 40.0 Å². The standard InChI is InChI=1S/C13H23NO2/c1-4-14(10-13(2,3)16)12(15)9-11-7-5-6-8-11/h5,7,11,16H,4,6,8-10H2,1-3H3. The number of likely N-dealkylation sites (N-methyl/N-ethyl adjacent to an activating group) is 1. The smallest absolute Gasteiger partial charge is 0.223 e. The van der Waals surface area contributed by atoms with Gasteiger partial charge in [0.1, 0.15) is 0 Å². The second kappa shape index (κ2) is 5.48. The SMILES string of the molecule is CCN(CC(C)(C)O)C(=O)CC1C=CCC1. The summed E-state index contributed by atoms with van der Waals surface area (Å²) in [6.07, 6.45) is 7.04. The van der Waals surface area contributed by atoms with Gasteiger partial charge in [0.05, 0.1) is 5.60 Å². The summed E-state index contributed by atoms with van der Waals surface area (Å²) in [4.78, 5) is 13.7. The molecule has 0 saturated heterocycles. The van der Waals surface area contributed by atoms with Crippen molar-refractivity contribution in [1.29, 1.82) is 0 Å². The number of nitrogens with zero attached hydrogens (tertiary/aromatic N) is 1. The first-order valence-corrected chi connectivity index (χ1v) is 6.09. The van der Waals surface area contributed by atoms with E-state index in [4.69, 9.17) is 0 Å². The van der Waals surface area contributed by atoms with Crippen LogP contribution in [0.3, 0.4) is 0 Å². The number of amides is 1. The summed E-state index contributed by atoms with van der Waals surface area (Å²) in [7, 11) is 0. The molecule has 16 heavy (non-hydrogen) atoms. The van der Waals surface area contributed by atoms with Crippen LogP contribution in [0.15, 0.2) is 12.2 Å². The van der Waals surface area contributed by atoms with Crippen molar-refractivity contribution in [3.05, 3.63) is 12.2 Å². The normalized spacial score (nSPS) is 20.1. The first-order chi connectivity index (χ1) is 7.42. The van der Waals surface area contributed by atoms with E-state index in [1.54, 1.807) is 18.7 Å². The topological polar surface area (TPSA) is 40.5 Å². The fraction of sp³-hybridized carbons (Fsp3) is 0.769. The lowest BCUT2D eigenvalue weighted by Gasteiger charge is -2.28. The van der Waals surface area contributed by atoms with Crippen LogP contribution < -0.4 is 0 Å². The number of allylic oxidation sites excluding steroid dienone is 2. The van der Waals surface area contributed by atoms with Crippen LogP contribution >= 0.6 is 0 Å². The zero-order chi connectivity index (χ0) is 12.2. The summed E-state index contributed by atoms with van der Waals surface area (Å²) in [5.41, 5.74) is -0.808. The third-order valence-electron chi connectivity index (χ3n) is 2.86. The van der Waals surface area contributed by atoms with E-state index >= 15 is 0 Å². The molecular formula is C13H23NO2. The molecule has 1 unspecified atom stereocenters. The van der Waals surface area contributed by atoms with Crippen LogP contribution in [0.2, 0.25) is 0 Å². The van der Waals surface area contributed by atoms with Crippen LogP contribution in [0.4, 0.5) is 0 Å². The maximum atomic E-state index is 12.0.